The van der Waals surface area contributed by atoms with E-state index in [1.54, 1.807) is 111 Å². The van der Waals surface area contributed by atoms with Crippen LogP contribution in [0.3, 0.4) is 0 Å². The number of rotatable bonds is 0. The summed E-state index contributed by atoms with van der Waals surface area (Å²) in [5.41, 5.74) is 6.31. The quantitative estimate of drug-likeness (QED) is 0.105. The van der Waals surface area contributed by atoms with Crippen LogP contribution in [0.25, 0.3) is 0 Å². The molecule has 0 saturated carbocycles. The van der Waals surface area contributed by atoms with Crippen LogP contribution in [-0.4, -0.2) is 31.2 Å². The van der Waals surface area contributed by atoms with Gasteiger partial charge in [-0.1, -0.05) is 0 Å². The first kappa shape index (κ1) is 43.2. The molecule has 0 atom stereocenters. The molecule has 1 radical (unpaired) electrons. The Bertz CT molecular complexity index is 1350. The summed E-state index contributed by atoms with van der Waals surface area (Å²) in [7, 11) is 0. The van der Waals surface area contributed by atoms with Gasteiger partial charge in [0.2, 0.25) is 74.4 Å². The third-order valence-corrected chi connectivity index (χ3v) is 5.60. The van der Waals surface area contributed by atoms with E-state index >= 15 is 0 Å². The third kappa shape index (κ3) is 23.2. The third-order valence-electron chi connectivity index (χ3n) is 5.60. The van der Waals surface area contributed by atoms with Crippen molar-refractivity contribution in [3.05, 3.63) is 181 Å². The van der Waals surface area contributed by atoms with E-state index in [1.165, 1.54) is 0 Å². The first-order valence-electron chi connectivity index (χ1n) is 14.8. The van der Waals surface area contributed by atoms with Gasteiger partial charge in [-0.05, 0) is 77.9 Å². The SMILES string of the molecule is Cc1ccc[n+](O)c1.Cc1ccc[n+](O)c1.Cc1ccc[n+](O)c1.Cc1ccc[n+](O)c1.Cc1ccc[n+](O)c1.Cc1ccc[n+](O)c1.[Co+2]. The molecule has 6 aromatic heterocycles. The Morgan fingerprint density at radius 1 is 0.286 bits per heavy atom. The van der Waals surface area contributed by atoms with Gasteiger partial charge in [0.1, 0.15) is 0 Å². The van der Waals surface area contributed by atoms with Gasteiger partial charge in [0.05, 0.1) is 0 Å². The van der Waals surface area contributed by atoms with E-state index in [2.05, 4.69) is 0 Å². The zero-order valence-electron chi connectivity index (χ0n) is 28.6. The van der Waals surface area contributed by atoms with Crippen LogP contribution < -0.4 is 28.4 Å². The van der Waals surface area contributed by atoms with Gasteiger partial charge in [-0.25, -0.2) is 0 Å². The maximum Gasteiger partial charge on any atom is 2.00 e. The van der Waals surface area contributed by atoms with Crippen LogP contribution in [0.2, 0.25) is 0 Å². The first-order valence-corrected chi connectivity index (χ1v) is 14.8. The number of hydrogen-bond donors (Lipinski definition) is 6. The topological polar surface area (TPSA) is 145 Å². The number of aryl methyl sites for hydroxylation is 6. The van der Waals surface area contributed by atoms with E-state index in [9.17, 15) is 0 Å². The summed E-state index contributed by atoms with van der Waals surface area (Å²) in [6.45, 7) is 11.5. The van der Waals surface area contributed by atoms with Gasteiger partial charge in [0.25, 0.3) is 0 Å². The minimum absolute atomic E-state index is 0. The maximum atomic E-state index is 8.73. The molecule has 6 aromatic rings. The van der Waals surface area contributed by atoms with E-state index in [4.69, 9.17) is 31.2 Å². The fourth-order valence-corrected chi connectivity index (χ4v) is 3.47. The number of pyridine rings is 6. The molecule has 0 aromatic carbocycles. The monoisotopic (exact) mass is 719 g/mol. The van der Waals surface area contributed by atoms with Crippen molar-refractivity contribution in [2.24, 2.45) is 0 Å². The Kier molecular flexibility index (Phi) is 21.5. The van der Waals surface area contributed by atoms with Crippen molar-refractivity contribution in [1.29, 1.82) is 0 Å². The molecule has 0 saturated heterocycles. The summed E-state index contributed by atoms with van der Waals surface area (Å²) in [5.74, 6) is 0. The van der Waals surface area contributed by atoms with Gasteiger partial charge in [0.15, 0.2) is 0 Å². The standard InChI is InChI=1S/6C6H8NO.Co/c6*1-6-3-2-4-7(8)5-6;/h6*2-5,8H,1H3;/q6*+1;+2. The molecule has 0 bridgehead atoms. The van der Waals surface area contributed by atoms with E-state index in [-0.39, 0.29) is 16.8 Å². The normalized spacial score (nSPS) is 8.94. The van der Waals surface area contributed by atoms with Crippen molar-refractivity contribution in [1.82, 2.24) is 0 Å². The average molecular weight is 720 g/mol. The van der Waals surface area contributed by atoms with Crippen LogP contribution in [-0.2, 0) is 16.8 Å². The van der Waals surface area contributed by atoms with Crippen LogP contribution in [0.1, 0.15) is 33.4 Å². The smallest absolute Gasteiger partial charge is 0.285 e. The molecule has 259 valence electrons. The van der Waals surface area contributed by atoms with Gasteiger partial charge in [0, 0.05) is 98.2 Å². The van der Waals surface area contributed by atoms with E-state index in [0.717, 1.165) is 61.8 Å². The molecule has 0 unspecified atom stereocenters. The predicted octanol–water partition coefficient (Wildman–Crippen LogP) is 3.12. The molecule has 6 N–H and O–H groups in total. The molecule has 0 aliphatic carbocycles. The molecule has 13 heteroatoms. The van der Waals surface area contributed by atoms with Crippen LogP contribution in [0.4, 0.5) is 0 Å². The van der Waals surface area contributed by atoms with Crippen molar-refractivity contribution in [3.63, 3.8) is 0 Å². The van der Waals surface area contributed by atoms with Gasteiger partial charge < -0.3 is 0 Å². The zero-order valence-corrected chi connectivity index (χ0v) is 29.6. The fraction of sp³-hybridized carbons (Fsp3) is 0.167. The number of aromatic nitrogens is 6. The van der Waals surface area contributed by atoms with Crippen molar-refractivity contribution >= 4 is 0 Å². The Hall–Kier alpha value is -5.79. The second-order valence-electron chi connectivity index (χ2n) is 10.6. The van der Waals surface area contributed by atoms with Crippen LogP contribution in [0.15, 0.2) is 147 Å². The van der Waals surface area contributed by atoms with Gasteiger partial charge in [-0.2, -0.15) is 0 Å². The Balaban J connectivity index is 0.000000562. The van der Waals surface area contributed by atoms with Crippen LogP contribution in [0, 0.1) is 41.5 Å². The molecule has 0 fully saturated rings. The number of nitrogens with zero attached hydrogens (tertiary/aromatic N) is 6. The molecule has 6 heterocycles. The summed E-state index contributed by atoms with van der Waals surface area (Å²) in [5, 5.41) is 52.4. The predicted molar refractivity (Wildman–Crippen MR) is 171 cm³/mol. The summed E-state index contributed by atoms with van der Waals surface area (Å²) < 4.78 is 6.22. The molecule has 49 heavy (non-hydrogen) atoms. The first-order chi connectivity index (χ1) is 22.7. The average Bonchev–Trinajstić information content (AvgIpc) is 2.98. The van der Waals surface area contributed by atoms with Crippen molar-refractivity contribution in [2.75, 3.05) is 0 Å². The maximum absolute atomic E-state index is 8.73. The molecular formula is C36H48CoN6O6+8. The largest absolute Gasteiger partial charge is 2.00 e. The van der Waals surface area contributed by atoms with Crippen molar-refractivity contribution < 1.29 is 76.4 Å². The van der Waals surface area contributed by atoms with E-state index < -0.39 is 0 Å². The minimum Gasteiger partial charge on any atom is -0.285 e. The molecule has 0 amide bonds. The molecule has 0 spiro atoms. The second kappa shape index (κ2) is 24.4. The zero-order chi connectivity index (χ0) is 35.9. The molecular weight excluding hydrogens is 671 g/mol. The summed E-state index contributed by atoms with van der Waals surface area (Å²) >= 11 is 0. The van der Waals surface area contributed by atoms with E-state index in [1.807, 2.05) is 77.9 Å². The molecule has 6 rings (SSSR count). The second-order valence-corrected chi connectivity index (χ2v) is 10.6. The Morgan fingerprint density at radius 3 is 0.469 bits per heavy atom. The number of hydrogen-bond acceptors (Lipinski definition) is 6. The molecule has 12 nitrogen and oxygen atoms in total. The van der Waals surface area contributed by atoms with Gasteiger partial charge >= 0.3 is 16.8 Å². The molecule has 0 aliphatic rings. The van der Waals surface area contributed by atoms with Crippen molar-refractivity contribution in [2.45, 2.75) is 41.5 Å². The summed E-state index contributed by atoms with van der Waals surface area (Å²) in [6.07, 6.45) is 19.3. The minimum atomic E-state index is 0. The Morgan fingerprint density at radius 2 is 0.408 bits per heavy atom. The summed E-state index contributed by atoms with van der Waals surface area (Å²) in [6, 6.07) is 22.3. The van der Waals surface area contributed by atoms with Gasteiger partial charge in [-0.15, -0.1) is 0 Å². The van der Waals surface area contributed by atoms with E-state index in [0.29, 0.717) is 0 Å². The van der Waals surface area contributed by atoms with Gasteiger partial charge in [-0.3, -0.25) is 31.2 Å². The fourth-order valence-electron chi connectivity index (χ4n) is 3.47. The Labute approximate surface area is 297 Å². The van der Waals surface area contributed by atoms with Crippen molar-refractivity contribution in [3.8, 4) is 0 Å². The van der Waals surface area contributed by atoms with Crippen LogP contribution in [0.5, 0.6) is 0 Å². The summed E-state index contributed by atoms with van der Waals surface area (Å²) in [4.78, 5) is 0. The van der Waals surface area contributed by atoms with Crippen LogP contribution >= 0.6 is 0 Å². The molecule has 0 aliphatic heterocycles.